The van der Waals surface area contributed by atoms with Gasteiger partial charge in [0.1, 0.15) is 0 Å². The number of hydrogen-bond donors (Lipinski definition) is 1. The SMILES string of the molecule is Cc1cc(C#CCCO)ccc1Br. The van der Waals surface area contributed by atoms with Gasteiger partial charge in [0.15, 0.2) is 0 Å². The maximum absolute atomic E-state index is 8.53. The predicted molar refractivity (Wildman–Crippen MR) is 57.5 cm³/mol. The Balaban J connectivity index is 2.81. The molecule has 0 heterocycles. The molecular formula is C11H11BrO. The summed E-state index contributed by atoms with van der Waals surface area (Å²) in [5.74, 6) is 5.87. The van der Waals surface area contributed by atoms with E-state index in [1.165, 1.54) is 5.56 Å². The average molecular weight is 239 g/mol. The van der Waals surface area contributed by atoms with Crippen molar-refractivity contribution >= 4 is 15.9 Å². The maximum atomic E-state index is 8.53. The van der Waals surface area contributed by atoms with Crippen molar-refractivity contribution in [3.05, 3.63) is 33.8 Å². The molecular weight excluding hydrogens is 228 g/mol. The fraction of sp³-hybridized carbons (Fsp3) is 0.273. The highest BCUT2D eigenvalue weighted by Crippen LogP contribution is 2.16. The lowest BCUT2D eigenvalue weighted by molar-refractivity contribution is 0.305. The molecule has 0 atom stereocenters. The molecule has 0 spiro atoms. The van der Waals surface area contributed by atoms with Gasteiger partial charge in [-0.25, -0.2) is 0 Å². The highest BCUT2D eigenvalue weighted by atomic mass is 79.9. The molecule has 1 rings (SSSR count). The van der Waals surface area contributed by atoms with Crippen LogP contribution in [-0.4, -0.2) is 11.7 Å². The minimum Gasteiger partial charge on any atom is -0.395 e. The fourth-order valence-corrected chi connectivity index (χ4v) is 1.19. The van der Waals surface area contributed by atoms with E-state index in [4.69, 9.17) is 5.11 Å². The monoisotopic (exact) mass is 238 g/mol. The van der Waals surface area contributed by atoms with Crippen molar-refractivity contribution in [3.8, 4) is 11.8 Å². The summed E-state index contributed by atoms with van der Waals surface area (Å²) in [6, 6.07) is 5.97. The summed E-state index contributed by atoms with van der Waals surface area (Å²) in [5, 5.41) is 8.53. The van der Waals surface area contributed by atoms with Crippen molar-refractivity contribution in [1.82, 2.24) is 0 Å². The van der Waals surface area contributed by atoms with Crippen molar-refractivity contribution < 1.29 is 5.11 Å². The Hall–Kier alpha value is -0.780. The molecule has 1 nitrogen and oxygen atoms in total. The first kappa shape index (κ1) is 10.3. The summed E-state index contributed by atoms with van der Waals surface area (Å²) in [6.07, 6.45) is 0.537. The third kappa shape index (κ3) is 3.22. The number of aliphatic hydroxyl groups is 1. The van der Waals surface area contributed by atoms with Crippen molar-refractivity contribution in [3.63, 3.8) is 0 Å². The lowest BCUT2D eigenvalue weighted by Gasteiger charge is -1.96. The molecule has 0 unspecified atom stereocenters. The second-order valence-electron chi connectivity index (χ2n) is 2.74. The van der Waals surface area contributed by atoms with E-state index < -0.39 is 0 Å². The molecule has 0 bridgehead atoms. The van der Waals surface area contributed by atoms with Crippen molar-refractivity contribution in [2.75, 3.05) is 6.61 Å². The van der Waals surface area contributed by atoms with E-state index in [1.54, 1.807) is 0 Å². The van der Waals surface area contributed by atoms with Gasteiger partial charge in [-0.2, -0.15) is 0 Å². The van der Waals surface area contributed by atoms with Gasteiger partial charge in [0, 0.05) is 16.5 Å². The maximum Gasteiger partial charge on any atom is 0.0540 e. The molecule has 2 heteroatoms. The average Bonchev–Trinajstić information content (AvgIpc) is 2.12. The molecule has 1 aromatic rings. The van der Waals surface area contributed by atoms with Crippen LogP contribution < -0.4 is 0 Å². The summed E-state index contributed by atoms with van der Waals surface area (Å²) in [5.41, 5.74) is 2.17. The molecule has 0 aliphatic rings. The standard InChI is InChI=1S/C11H11BrO/c1-9-8-10(4-2-3-7-13)5-6-11(9)12/h5-6,8,13H,3,7H2,1H3. The summed E-state index contributed by atoms with van der Waals surface area (Å²) < 4.78 is 1.10. The van der Waals surface area contributed by atoms with Gasteiger partial charge in [-0.05, 0) is 30.7 Å². The second-order valence-corrected chi connectivity index (χ2v) is 3.59. The summed E-state index contributed by atoms with van der Waals surface area (Å²) >= 11 is 3.42. The molecule has 0 saturated heterocycles. The van der Waals surface area contributed by atoms with Crippen LogP contribution >= 0.6 is 15.9 Å². The third-order valence-electron chi connectivity index (χ3n) is 1.63. The summed E-state index contributed by atoms with van der Waals surface area (Å²) in [7, 11) is 0. The Morgan fingerprint density at radius 3 is 2.85 bits per heavy atom. The molecule has 1 N–H and O–H groups in total. The topological polar surface area (TPSA) is 20.2 Å². The minimum atomic E-state index is 0.127. The van der Waals surface area contributed by atoms with E-state index in [0.717, 1.165) is 10.0 Å². The molecule has 0 radical (unpaired) electrons. The minimum absolute atomic E-state index is 0.127. The highest BCUT2D eigenvalue weighted by Gasteiger charge is 1.93. The second kappa shape index (κ2) is 5.06. The van der Waals surface area contributed by atoms with Crippen LogP contribution in [0, 0.1) is 18.8 Å². The van der Waals surface area contributed by atoms with Gasteiger partial charge < -0.3 is 5.11 Å². The van der Waals surface area contributed by atoms with E-state index in [9.17, 15) is 0 Å². The molecule has 1 aromatic carbocycles. The Morgan fingerprint density at radius 2 is 2.23 bits per heavy atom. The van der Waals surface area contributed by atoms with E-state index in [0.29, 0.717) is 6.42 Å². The fourth-order valence-electron chi connectivity index (χ4n) is 0.943. The van der Waals surface area contributed by atoms with Crippen LogP contribution in [0.25, 0.3) is 0 Å². The van der Waals surface area contributed by atoms with Crippen LogP contribution in [0.15, 0.2) is 22.7 Å². The smallest absolute Gasteiger partial charge is 0.0540 e. The van der Waals surface area contributed by atoms with Crippen LogP contribution in [0.4, 0.5) is 0 Å². The lowest BCUT2D eigenvalue weighted by atomic mass is 10.1. The third-order valence-corrected chi connectivity index (χ3v) is 2.52. The van der Waals surface area contributed by atoms with E-state index in [1.807, 2.05) is 25.1 Å². The van der Waals surface area contributed by atoms with E-state index in [2.05, 4.69) is 27.8 Å². The van der Waals surface area contributed by atoms with Crippen molar-refractivity contribution in [2.24, 2.45) is 0 Å². The Kier molecular flexibility index (Phi) is 4.01. The number of rotatable bonds is 1. The van der Waals surface area contributed by atoms with Gasteiger partial charge >= 0.3 is 0 Å². The number of aliphatic hydroxyl groups excluding tert-OH is 1. The Labute approximate surface area is 86.9 Å². The predicted octanol–water partition coefficient (Wildman–Crippen LogP) is 2.49. The van der Waals surface area contributed by atoms with Crippen LogP contribution in [0.1, 0.15) is 17.5 Å². The Morgan fingerprint density at radius 1 is 1.46 bits per heavy atom. The normalized spacial score (nSPS) is 9.15. The van der Waals surface area contributed by atoms with Crippen LogP contribution in [0.2, 0.25) is 0 Å². The van der Waals surface area contributed by atoms with Gasteiger partial charge in [-0.1, -0.05) is 27.8 Å². The molecule has 13 heavy (non-hydrogen) atoms. The Bertz CT molecular complexity index is 347. The first-order chi connectivity index (χ1) is 6.24. The number of hydrogen-bond acceptors (Lipinski definition) is 1. The van der Waals surface area contributed by atoms with Gasteiger partial charge in [-0.15, -0.1) is 0 Å². The van der Waals surface area contributed by atoms with Crippen LogP contribution in [0.3, 0.4) is 0 Å². The highest BCUT2D eigenvalue weighted by molar-refractivity contribution is 9.10. The molecule has 0 aliphatic heterocycles. The molecule has 0 saturated carbocycles. The number of aryl methyl sites for hydroxylation is 1. The lowest BCUT2D eigenvalue weighted by Crippen LogP contribution is -1.80. The zero-order valence-electron chi connectivity index (χ0n) is 7.47. The number of halogens is 1. The van der Waals surface area contributed by atoms with Gasteiger partial charge in [0.25, 0.3) is 0 Å². The zero-order chi connectivity index (χ0) is 9.68. The first-order valence-electron chi connectivity index (χ1n) is 4.10. The van der Waals surface area contributed by atoms with Gasteiger partial charge in [-0.3, -0.25) is 0 Å². The van der Waals surface area contributed by atoms with Crippen LogP contribution in [0.5, 0.6) is 0 Å². The quantitative estimate of drug-likeness (QED) is 0.746. The van der Waals surface area contributed by atoms with Crippen molar-refractivity contribution in [2.45, 2.75) is 13.3 Å². The molecule has 0 aliphatic carbocycles. The number of benzene rings is 1. The molecule has 68 valence electrons. The zero-order valence-corrected chi connectivity index (χ0v) is 9.06. The van der Waals surface area contributed by atoms with Gasteiger partial charge in [0.2, 0.25) is 0 Å². The molecule has 0 amide bonds. The largest absolute Gasteiger partial charge is 0.395 e. The van der Waals surface area contributed by atoms with E-state index >= 15 is 0 Å². The molecule has 0 aromatic heterocycles. The van der Waals surface area contributed by atoms with Crippen molar-refractivity contribution in [1.29, 1.82) is 0 Å². The first-order valence-corrected chi connectivity index (χ1v) is 4.89. The summed E-state index contributed by atoms with van der Waals surface area (Å²) in [6.45, 7) is 2.16. The molecule has 0 fully saturated rings. The van der Waals surface area contributed by atoms with Gasteiger partial charge in [0.05, 0.1) is 6.61 Å². The van der Waals surface area contributed by atoms with E-state index in [-0.39, 0.29) is 6.61 Å². The van der Waals surface area contributed by atoms with Crippen LogP contribution in [-0.2, 0) is 0 Å². The summed E-state index contributed by atoms with van der Waals surface area (Å²) in [4.78, 5) is 0.